The summed E-state index contributed by atoms with van der Waals surface area (Å²) in [7, 11) is 0. The highest BCUT2D eigenvalue weighted by atomic mass is 32.2. The quantitative estimate of drug-likeness (QED) is 0.605. The van der Waals surface area contributed by atoms with Crippen LogP contribution >= 0.6 is 11.8 Å². The van der Waals surface area contributed by atoms with Crippen molar-refractivity contribution in [3.63, 3.8) is 0 Å². The van der Waals surface area contributed by atoms with Crippen molar-refractivity contribution in [3.05, 3.63) is 30.3 Å². The van der Waals surface area contributed by atoms with E-state index in [9.17, 15) is 14.4 Å². The van der Waals surface area contributed by atoms with Gasteiger partial charge in [-0.15, -0.1) is 0 Å². The van der Waals surface area contributed by atoms with Crippen LogP contribution in [0, 0.1) is 0 Å². The molecule has 0 aromatic heterocycles. The molecule has 26 heavy (non-hydrogen) atoms. The highest BCUT2D eigenvalue weighted by molar-refractivity contribution is 7.99. The van der Waals surface area contributed by atoms with Crippen LogP contribution < -0.4 is 5.32 Å². The predicted octanol–water partition coefficient (Wildman–Crippen LogP) is 1.48. The molecule has 2 heterocycles. The van der Waals surface area contributed by atoms with E-state index in [2.05, 4.69) is 5.32 Å². The van der Waals surface area contributed by atoms with Crippen LogP contribution in [-0.4, -0.2) is 54.4 Å². The molecule has 0 bridgehead atoms. The van der Waals surface area contributed by atoms with E-state index < -0.39 is 47.8 Å². The summed E-state index contributed by atoms with van der Waals surface area (Å²) in [5, 5.41) is 2.71. The van der Waals surface area contributed by atoms with Crippen LogP contribution in [0.1, 0.15) is 13.8 Å². The normalized spacial score (nSPS) is 29.9. The number of carbonyl (C=O) groups is 3. The van der Waals surface area contributed by atoms with Gasteiger partial charge in [-0.3, -0.25) is 9.59 Å². The fourth-order valence-electron chi connectivity index (χ4n) is 2.89. The van der Waals surface area contributed by atoms with Crippen molar-refractivity contribution < 1.29 is 33.3 Å². The van der Waals surface area contributed by atoms with Gasteiger partial charge in [0, 0.05) is 18.7 Å². The Morgan fingerprint density at radius 2 is 1.92 bits per heavy atom. The number of benzene rings is 1. The molecule has 0 spiro atoms. The standard InChI is InChI=1S/C17H19NO7S/c1-9(19)22-8-12-14(23-10(2)20)15-13(18-17(21)25-15)16(24-12)26-11-6-4-3-5-7-11/h3-7,12-16H,8H2,1-2H3,(H,18,21)/t12-,13-,14-,15-,16+/m1/s1. The molecule has 0 aliphatic carbocycles. The Morgan fingerprint density at radius 1 is 1.19 bits per heavy atom. The van der Waals surface area contributed by atoms with Gasteiger partial charge in [0.25, 0.3) is 0 Å². The summed E-state index contributed by atoms with van der Waals surface area (Å²) in [5.74, 6) is -1.02. The molecule has 2 saturated heterocycles. The molecule has 8 nitrogen and oxygen atoms in total. The monoisotopic (exact) mass is 381 g/mol. The minimum absolute atomic E-state index is 0.111. The van der Waals surface area contributed by atoms with Crippen molar-refractivity contribution >= 4 is 29.8 Å². The first kappa shape index (κ1) is 18.5. The van der Waals surface area contributed by atoms with Crippen molar-refractivity contribution in [2.45, 2.75) is 48.5 Å². The Labute approximate surface area is 154 Å². The van der Waals surface area contributed by atoms with E-state index in [1.165, 1.54) is 25.6 Å². The molecular formula is C17H19NO7S. The van der Waals surface area contributed by atoms with Crippen molar-refractivity contribution in [1.29, 1.82) is 0 Å². The van der Waals surface area contributed by atoms with Gasteiger partial charge in [-0.1, -0.05) is 30.0 Å². The second-order valence-corrected chi connectivity index (χ2v) is 7.06. The molecular weight excluding hydrogens is 362 g/mol. The fraction of sp³-hybridized carbons (Fsp3) is 0.471. The summed E-state index contributed by atoms with van der Waals surface area (Å²) in [6.45, 7) is 2.42. The van der Waals surface area contributed by atoms with Crippen molar-refractivity contribution in [2.75, 3.05) is 6.61 Å². The summed E-state index contributed by atoms with van der Waals surface area (Å²) in [4.78, 5) is 35.4. The largest absolute Gasteiger partial charge is 0.463 e. The Bertz CT molecular complexity index is 683. The van der Waals surface area contributed by atoms with Crippen LogP contribution in [0.3, 0.4) is 0 Å². The molecule has 1 amide bonds. The molecule has 1 N–H and O–H groups in total. The third kappa shape index (κ3) is 4.28. The third-order valence-corrected chi connectivity index (χ3v) is 5.10. The third-order valence-electron chi connectivity index (χ3n) is 3.92. The van der Waals surface area contributed by atoms with Gasteiger partial charge in [0.05, 0.1) is 0 Å². The van der Waals surface area contributed by atoms with E-state index in [1.54, 1.807) is 0 Å². The molecule has 140 valence electrons. The van der Waals surface area contributed by atoms with Crippen molar-refractivity contribution in [1.82, 2.24) is 5.32 Å². The minimum Gasteiger partial charge on any atom is -0.463 e. The van der Waals surface area contributed by atoms with Crippen LogP contribution in [0.2, 0.25) is 0 Å². The van der Waals surface area contributed by atoms with Gasteiger partial charge < -0.3 is 24.3 Å². The molecule has 3 rings (SSSR count). The average Bonchev–Trinajstić information content (AvgIpc) is 2.98. The molecule has 9 heteroatoms. The predicted molar refractivity (Wildman–Crippen MR) is 90.3 cm³/mol. The smallest absolute Gasteiger partial charge is 0.408 e. The number of rotatable bonds is 5. The lowest BCUT2D eigenvalue weighted by molar-refractivity contribution is -0.192. The SMILES string of the molecule is CC(=O)OC[C@H]1O[C@@H](Sc2ccccc2)[C@@H]2NC(=O)O[C@H]2[C@@H]1OC(C)=O. The van der Waals surface area contributed by atoms with Gasteiger partial charge in [0.1, 0.15) is 24.2 Å². The van der Waals surface area contributed by atoms with Crippen LogP contribution in [-0.2, 0) is 28.5 Å². The molecule has 1 aromatic rings. The molecule has 2 aliphatic rings. The lowest BCUT2D eigenvalue weighted by Crippen LogP contribution is -2.60. The second-order valence-electron chi connectivity index (χ2n) is 5.89. The van der Waals surface area contributed by atoms with Gasteiger partial charge in [-0.2, -0.15) is 0 Å². The number of hydrogen-bond acceptors (Lipinski definition) is 8. The zero-order valence-electron chi connectivity index (χ0n) is 14.2. The number of esters is 2. The second kappa shape index (κ2) is 7.96. The first-order chi connectivity index (χ1) is 12.4. The fourth-order valence-corrected chi connectivity index (χ4v) is 4.04. The zero-order chi connectivity index (χ0) is 18.7. The van der Waals surface area contributed by atoms with E-state index in [-0.39, 0.29) is 6.61 Å². The van der Waals surface area contributed by atoms with Crippen LogP contribution in [0.4, 0.5) is 4.79 Å². The number of carbonyl (C=O) groups excluding carboxylic acids is 3. The number of nitrogens with one attached hydrogen (secondary N) is 1. The van der Waals surface area contributed by atoms with Gasteiger partial charge in [0.15, 0.2) is 12.2 Å². The van der Waals surface area contributed by atoms with Crippen LogP contribution in [0.15, 0.2) is 35.2 Å². The number of thioether (sulfide) groups is 1. The maximum Gasteiger partial charge on any atom is 0.408 e. The van der Waals surface area contributed by atoms with E-state index in [0.29, 0.717) is 0 Å². The highest BCUT2D eigenvalue weighted by Gasteiger charge is 2.54. The highest BCUT2D eigenvalue weighted by Crippen LogP contribution is 2.37. The van der Waals surface area contributed by atoms with Gasteiger partial charge >= 0.3 is 18.0 Å². The zero-order valence-corrected chi connectivity index (χ0v) is 15.1. The number of fused-ring (bicyclic) bond motifs is 1. The first-order valence-electron chi connectivity index (χ1n) is 8.09. The molecule has 1 aromatic carbocycles. The van der Waals surface area contributed by atoms with Gasteiger partial charge in [0.2, 0.25) is 0 Å². The van der Waals surface area contributed by atoms with Crippen molar-refractivity contribution in [3.8, 4) is 0 Å². The molecule has 2 aliphatic heterocycles. The topological polar surface area (TPSA) is 100 Å². The number of hydrogen-bond donors (Lipinski definition) is 1. The van der Waals surface area contributed by atoms with Crippen LogP contribution in [0.25, 0.3) is 0 Å². The summed E-state index contributed by atoms with van der Waals surface area (Å²) in [6, 6.07) is 9.01. The lowest BCUT2D eigenvalue weighted by atomic mass is 9.98. The molecule has 5 atom stereocenters. The van der Waals surface area contributed by atoms with Gasteiger partial charge in [-0.05, 0) is 12.1 Å². The Hall–Kier alpha value is -2.26. The lowest BCUT2D eigenvalue weighted by Gasteiger charge is -2.40. The van der Waals surface area contributed by atoms with Crippen molar-refractivity contribution in [2.24, 2.45) is 0 Å². The minimum atomic E-state index is -0.872. The summed E-state index contributed by atoms with van der Waals surface area (Å²) in [6.07, 6.45) is -2.96. The summed E-state index contributed by atoms with van der Waals surface area (Å²) < 4.78 is 21.7. The van der Waals surface area contributed by atoms with E-state index in [4.69, 9.17) is 18.9 Å². The first-order valence-corrected chi connectivity index (χ1v) is 8.97. The number of ether oxygens (including phenoxy) is 4. The molecule has 0 radical (unpaired) electrons. The molecule has 0 saturated carbocycles. The number of amides is 1. The summed E-state index contributed by atoms with van der Waals surface area (Å²) in [5.41, 5.74) is -0.499. The van der Waals surface area contributed by atoms with E-state index in [0.717, 1.165) is 4.90 Å². The molecule has 2 fully saturated rings. The Kier molecular flexibility index (Phi) is 5.67. The summed E-state index contributed by atoms with van der Waals surface area (Å²) >= 11 is 1.40. The average molecular weight is 381 g/mol. The van der Waals surface area contributed by atoms with E-state index in [1.807, 2.05) is 30.3 Å². The Morgan fingerprint density at radius 3 is 2.58 bits per heavy atom. The maximum atomic E-state index is 11.8. The Balaban J connectivity index is 1.83. The van der Waals surface area contributed by atoms with Crippen LogP contribution in [0.5, 0.6) is 0 Å². The van der Waals surface area contributed by atoms with E-state index >= 15 is 0 Å². The maximum absolute atomic E-state index is 11.8. The van der Waals surface area contributed by atoms with Gasteiger partial charge in [-0.25, -0.2) is 4.79 Å². The molecule has 0 unspecified atom stereocenters. The number of alkyl carbamates (subject to hydrolysis) is 1.